The van der Waals surface area contributed by atoms with Gasteiger partial charge in [-0.25, -0.2) is 17.5 Å². The van der Waals surface area contributed by atoms with Crippen molar-refractivity contribution in [3.8, 4) is 11.1 Å². The molecule has 3 N–H and O–H groups in total. The first-order valence-electron chi connectivity index (χ1n) is 12.8. The molecule has 0 saturated heterocycles. The van der Waals surface area contributed by atoms with Gasteiger partial charge < -0.3 is 10.4 Å². The summed E-state index contributed by atoms with van der Waals surface area (Å²) in [7, 11) is -3.71. The summed E-state index contributed by atoms with van der Waals surface area (Å²) in [6.45, 7) is 5.19. The minimum atomic E-state index is -3.71. The Morgan fingerprint density at radius 1 is 0.974 bits per heavy atom. The number of hydrogen-bond acceptors (Lipinski definition) is 5. The lowest BCUT2D eigenvalue weighted by atomic mass is 9.85. The van der Waals surface area contributed by atoms with Crippen molar-refractivity contribution in [2.45, 2.75) is 69.0 Å². The van der Waals surface area contributed by atoms with Gasteiger partial charge in [0, 0.05) is 23.7 Å². The molecule has 9 heteroatoms. The van der Waals surface area contributed by atoms with Crippen LogP contribution in [0, 0.1) is 11.7 Å². The maximum absolute atomic E-state index is 13.2. The summed E-state index contributed by atoms with van der Waals surface area (Å²) in [5.41, 5.74) is 1.99. The highest BCUT2D eigenvalue weighted by molar-refractivity contribution is 7.89. The van der Waals surface area contributed by atoms with Crippen molar-refractivity contribution in [1.82, 2.24) is 15.0 Å². The van der Waals surface area contributed by atoms with Gasteiger partial charge in [0.2, 0.25) is 15.9 Å². The number of rotatable bonds is 8. The molecule has 1 heterocycles. The zero-order chi connectivity index (χ0) is 27.5. The number of halogens is 1. The minimum Gasteiger partial charge on any atom is -0.384 e. The summed E-state index contributed by atoms with van der Waals surface area (Å²) in [4.78, 5) is 17.2. The van der Waals surface area contributed by atoms with Crippen LogP contribution in [0.3, 0.4) is 0 Å². The van der Waals surface area contributed by atoms with Gasteiger partial charge in [0.05, 0.1) is 16.6 Å². The molecule has 1 atom stereocenters. The highest BCUT2D eigenvalue weighted by Gasteiger charge is 2.30. The van der Waals surface area contributed by atoms with Crippen LogP contribution in [0.1, 0.15) is 63.8 Å². The molecule has 1 aromatic heterocycles. The third kappa shape index (κ3) is 6.83. The van der Waals surface area contributed by atoms with Crippen LogP contribution in [-0.2, 0) is 20.4 Å². The van der Waals surface area contributed by atoms with Gasteiger partial charge in [-0.15, -0.1) is 0 Å². The van der Waals surface area contributed by atoms with E-state index in [0.717, 1.165) is 16.7 Å². The van der Waals surface area contributed by atoms with Crippen LogP contribution in [0.25, 0.3) is 11.1 Å². The summed E-state index contributed by atoms with van der Waals surface area (Å²) in [5.74, 6) is -0.572. The maximum atomic E-state index is 13.2. The van der Waals surface area contributed by atoms with E-state index in [2.05, 4.69) is 15.0 Å². The van der Waals surface area contributed by atoms with Crippen molar-refractivity contribution in [3.05, 3.63) is 83.9 Å². The number of benzene rings is 2. The molecule has 202 valence electrons. The number of amides is 1. The lowest BCUT2D eigenvalue weighted by Crippen LogP contribution is -2.41. The molecule has 0 unspecified atom stereocenters. The summed E-state index contributed by atoms with van der Waals surface area (Å²) < 4.78 is 41.9. The smallest absolute Gasteiger partial charge is 0.240 e. The predicted molar refractivity (Wildman–Crippen MR) is 144 cm³/mol. The number of aromatic nitrogens is 1. The second-order valence-corrected chi connectivity index (χ2v) is 12.2. The average Bonchev–Trinajstić information content (AvgIpc) is 2.89. The van der Waals surface area contributed by atoms with Crippen molar-refractivity contribution in [2.24, 2.45) is 5.92 Å². The van der Waals surface area contributed by atoms with Crippen molar-refractivity contribution < 1.29 is 22.7 Å². The summed E-state index contributed by atoms with van der Waals surface area (Å²) in [6.07, 6.45) is 3.96. The predicted octanol–water partition coefficient (Wildman–Crippen LogP) is 4.83. The molecule has 1 aliphatic rings. The molecule has 2 aromatic carbocycles. The molecule has 0 bridgehead atoms. The van der Waals surface area contributed by atoms with E-state index in [1.54, 1.807) is 62.5 Å². The first kappa shape index (κ1) is 27.9. The molecule has 4 rings (SSSR count). The number of nitrogens with one attached hydrogen (secondary N) is 2. The topological polar surface area (TPSA) is 108 Å². The van der Waals surface area contributed by atoms with Gasteiger partial charge in [0.25, 0.3) is 0 Å². The largest absolute Gasteiger partial charge is 0.384 e. The van der Waals surface area contributed by atoms with Crippen LogP contribution in [0.4, 0.5) is 4.39 Å². The first-order chi connectivity index (χ1) is 17.9. The van der Waals surface area contributed by atoms with Crippen LogP contribution in [0.15, 0.2) is 71.8 Å². The zero-order valence-corrected chi connectivity index (χ0v) is 22.6. The van der Waals surface area contributed by atoms with E-state index in [1.807, 2.05) is 13.0 Å². The third-order valence-electron chi connectivity index (χ3n) is 7.04. The highest BCUT2D eigenvalue weighted by Crippen LogP contribution is 2.28. The Morgan fingerprint density at radius 3 is 2.13 bits per heavy atom. The molecular weight excluding hydrogens is 505 g/mol. The molecule has 0 aliphatic heterocycles. The molecular formula is C29H34FN3O4S. The summed E-state index contributed by atoms with van der Waals surface area (Å²) >= 11 is 0. The van der Waals surface area contributed by atoms with Crippen molar-refractivity contribution in [3.63, 3.8) is 0 Å². The van der Waals surface area contributed by atoms with Crippen LogP contribution >= 0.6 is 0 Å². The lowest BCUT2D eigenvalue weighted by molar-refractivity contribution is -0.126. The molecule has 0 radical (unpaired) electrons. The molecule has 3 aromatic rings. The average molecular weight is 540 g/mol. The van der Waals surface area contributed by atoms with E-state index < -0.39 is 15.6 Å². The Bertz CT molecular complexity index is 1340. The summed E-state index contributed by atoms with van der Waals surface area (Å²) in [5, 5.41) is 13.1. The fourth-order valence-electron chi connectivity index (χ4n) is 4.68. The van der Waals surface area contributed by atoms with E-state index in [4.69, 9.17) is 0 Å². The number of sulfonamides is 1. The van der Waals surface area contributed by atoms with Gasteiger partial charge in [0.15, 0.2) is 0 Å². The van der Waals surface area contributed by atoms with Gasteiger partial charge in [0.1, 0.15) is 11.4 Å². The monoisotopic (exact) mass is 539 g/mol. The van der Waals surface area contributed by atoms with Crippen LogP contribution < -0.4 is 10.0 Å². The minimum absolute atomic E-state index is 0.0659. The van der Waals surface area contributed by atoms with Crippen LogP contribution in [-0.4, -0.2) is 30.5 Å². The normalized spacial score (nSPS) is 19.1. The highest BCUT2D eigenvalue weighted by atomic mass is 32.2. The molecule has 1 fully saturated rings. The molecule has 1 aliphatic carbocycles. The molecule has 38 heavy (non-hydrogen) atoms. The van der Waals surface area contributed by atoms with Gasteiger partial charge in [-0.05, 0) is 87.9 Å². The van der Waals surface area contributed by atoms with E-state index in [9.17, 15) is 22.7 Å². The van der Waals surface area contributed by atoms with E-state index in [-0.39, 0.29) is 34.6 Å². The number of pyridine rings is 1. The second-order valence-electron chi connectivity index (χ2n) is 10.5. The number of nitrogens with zero attached hydrogens (tertiary/aromatic N) is 1. The van der Waals surface area contributed by atoms with Gasteiger partial charge in [-0.3, -0.25) is 9.78 Å². The van der Waals surface area contributed by atoms with Crippen molar-refractivity contribution >= 4 is 15.9 Å². The SMILES string of the molecule is C[C@@H](NC(=O)C1CCC(NS(=O)(=O)c2ccc(-c3ccc(C(C)(C)O)nc3)cc2)CC1)c1ccc(F)cc1. The fraction of sp³-hybridized carbons (Fsp3) is 0.379. The second kappa shape index (κ2) is 11.3. The number of carbonyl (C=O) groups excluding carboxylic acids is 1. The van der Waals surface area contributed by atoms with Gasteiger partial charge >= 0.3 is 0 Å². The molecule has 7 nitrogen and oxygen atoms in total. The van der Waals surface area contributed by atoms with Crippen LogP contribution in [0.5, 0.6) is 0 Å². The van der Waals surface area contributed by atoms with E-state index in [1.165, 1.54) is 12.1 Å². The quantitative estimate of drug-likeness (QED) is 0.380. The number of hydrogen-bond donors (Lipinski definition) is 3. The van der Waals surface area contributed by atoms with E-state index >= 15 is 0 Å². The fourth-order valence-corrected chi connectivity index (χ4v) is 5.99. The Hall–Kier alpha value is -3.14. The zero-order valence-electron chi connectivity index (χ0n) is 21.8. The lowest BCUT2D eigenvalue weighted by Gasteiger charge is -2.29. The van der Waals surface area contributed by atoms with Crippen molar-refractivity contribution in [2.75, 3.05) is 0 Å². The number of carbonyl (C=O) groups is 1. The Morgan fingerprint density at radius 2 is 1.58 bits per heavy atom. The number of aliphatic hydroxyl groups is 1. The Labute approximate surface area is 223 Å². The van der Waals surface area contributed by atoms with Gasteiger partial charge in [-0.1, -0.05) is 30.3 Å². The maximum Gasteiger partial charge on any atom is 0.240 e. The molecule has 1 amide bonds. The Kier molecular flexibility index (Phi) is 8.30. The first-order valence-corrected chi connectivity index (χ1v) is 14.3. The standard InChI is InChI=1S/C29H34FN3O4S/c1-19(20-4-11-24(30)12-5-20)32-28(34)22-6-13-25(14-7-22)33-38(36,37)26-15-8-21(9-16-26)23-10-17-27(31-18-23)29(2,3)35/h4-5,8-12,15-19,22,25,33,35H,6-7,13-14H2,1-3H3,(H,32,34)/t19-,22?,25?/m1/s1. The van der Waals surface area contributed by atoms with Crippen LogP contribution in [0.2, 0.25) is 0 Å². The van der Waals surface area contributed by atoms with Gasteiger partial charge in [-0.2, -0.15) is 0 Å². The van der Waals surface area contributed by atoms with Crippen molar-refractivity contribution in [1.29, 1.82) is 0 Å². The third-order valence-corrected chi connectivity index (χ3v) is 8.57. The Balaban J connectivity index is 1.30. The molecule has 1 saturated carbocycles. The summed E-state index contributed by atoms with van der Waals surface area (Å²) in [6, 6.07) is 15.8. The van der Waals surface area contributed by atoms with E-state index in [0.29, 0.717) is 31.4 Å². The molecule has 0 spiro atoms.